The minimum atomic E-state index is 1.04. The lowest BCUT2D eigenvalue weighted by atomic mass is 10.2. The van der Waals surface area contributed by atoms with Crippen LogP contribution in [0.1, 0.15) is 53.9 Å². The summed E-state index contributed by atoms with van der Waals surface area (Å²) in [5, 5.41) is 0. The summed E-state index contributed by atoms with van der Waals surface area (Å²) >= 11 is 0. The van der Waals surface area contributed by atoms with Gasteiger partial charge in [0.2, 0.25) is 0 Å². The minimum Gasteiger partial charge on any atom is -0.100 e. The predicted octanol–water partition coefficient (Wildman–Crippen LogP) is 6.95. The molecule has 0 saturated heterocycles. The second-order valence-corrected chi connectivity index (χ2v) is 5.33. The van der Waals surface area contributed by atoms with Gasteiger partial charge in [0.25, 0.3) is 0 Å². The molecular formula is C20H32. The number of allylic oxidation sites excluding steroid dienone is 9. The molecule has 0 N–H and O–H groups in total. The fourth-order valence-electron chi connectivity index (χ4n) is 1.18. The molecule has 0 bridgehead atoms. The Balaban J connectivity index is 0. The SMILES string of the molecule is C=C(C)/C=C/C/C(C)=C/C.C=C(C)/C=C/CCC(=C)C. The van der Waals surface area contributed by atoms with E-state index >= 15 is 0 Å². The van der Waals surface area contributed by atoms with Crippen molar-refractivity contribution in [3.63, 3.8) is 0 Å². The lowest BCUT2D eigenvalue weighted by Crippen LogP contribution is -1.71. The summed E-state index contributed by atoms with van der Waals surface area (Å²) in [6.45, 7) is 21.6. The predicted molar refractivity (Wildman–Crippen MR) is 96.0 cm³/mol. The van der Waals surface area contributed by atoms with Gasteiger partial charge in [-0.05, 0) is 53.9 Å². The van der Waals surface area contributed by atoms with E-state index in [1.165, 1.54) is 11.1 Å². The standard InChI is InChI=1S/2C10H16/c1-9(2)7-5-6-8-10(3)4;1-5-10(4)8-6-7-9(2)3/h5,7H,1,3,6,8H2,2,4H3;5-7H,2,8H2,1,3-4H3/b7-5+;7-6+,10-5+. The van der Waals surface area contributed by atoms with Crippen molar-refractivity contribution < 1.29 is 0 Å². The molecule has 0 nitrogen and oxygen atoms in total. The highest BCUT2D eigenvalue weighted by Gasteiger charge is 1.82. The van der Waals surface area contributed by atoms with Crippen molar-refractivity contribution in [2.24, 2.45) is 0 Å². The molecule has 0 aromatic rings. The monoisotopic (exact) mass is 272 g/mol. The number of hydrogen-bond acceptors (Lipinski definition) is 0. The third-order valence-electron chi connectivity index (χ3n) is 2.48. The Bertz CT molecular complexity index is 386. The van der Waals surface area contributed by atoms with E-state index in [4.69, 9.17) is 0 Å². The summed E-state index contributed by atoms with van der Waals surface area (Å²) in [4.78, 5) is 0. The van der Waals surface area contributed by atoms with E-state index in [0.717, 1.165) is 30.4 Å². The van der Waals surface area contributed by atoms with Gasteiger partial charge in [0.1, 0.15) is 0 Å². The molecule has 0 saturated carbocycles. The van der Waals surface area contributed by atoms with Crippen molar-refractivity contribution in [2.45, 2.75) is 53.9 Å². The molecule has 112 valence electrons. The summed E-state index contributed by atoms with van der Waals surface area (Å²) in [6, 6.07) is 0. The number of rotatable bonds is 7. The molecule has 0 aliphatic carbocycles. The maximum atomic E-state index is 3.82. The third kappa shape index (κ3) is 21.7. The van der Waals surface area contributed by atoms with E-state index in [9.17, 15) is 0 Å². The topological polar surface area (TPSA) is 0 Å². The van der Waals surface area contributed by atoms with E-state index in [-0.39, 0.29) is 0 Å². The van der Waals surface area contributed by atoms with Gasteiger partial charge in [0.15, 0.2) is 0 Å². The van der Waals surface area contributed by atoms with Gasteiger partial charge in [-0.2, -0.15) is 0 Å². The lowest BCUT2D eigenvalue weighted by Gasteiger charge is -1.91. The molecule has 0 radical (unpaired) electrons. The first-order valence-electron chi connectivity index (χ1n) is 7.19. The van der Waals surface area contributed by atoms with Gasteiger partial charge < -0.3 is 0 Å². The molecule has 20 heavy (non-hydrogen) atoms. The van der Waals surface area contributed by atoms with Crippen LogP contribution >= 0.6 is 0 Å². The first-order valence-corrected chi connectivity index (χ1v) is 7.19. The Kier molecular flexibility index (Phi) is 14.4. The van der Waals surface area contributed by atoms with Crippen LogP contribution < -0.4 is 0 Å². The molecule has 0 heteroatoms. The van der Waals surface area contributed by atoms with E-state index in [1.807, 2.05) is 26.0 Å². The smallest absolute Gasteiger partial charge is 0.0138 e. The average molecular weight is 272 g/mol. The van der Waals surface area contributed by atoms with Gasteiger partial charge in [0.05, 0.1) is 0 Å². The van der Waals surface area contributed by atoms with Gasteiger partial charge >= 0.3 is 0 Å². The summed E-state index contributed by atoms with van der Waals surface area (Å²) in [7, 11) is 0. The van der Waals surface area contributed by atoms with Gasteiger partial charge in [-0.25, -0.2) is 0 Å². The molecule has 0 rings (SSSR count). The van der Waals surface area contributed by atoms with Crippen molar-refractivity contribution >= 4 is 0 Å². The first-order chi connectivity index (χ1) is 9.29. The Labute approximate surface area is 127 Å². The fraction of sp³-hybridized carbons (Fsp3) is 0.400. The largest absolute Gasteiger partial charge is 0.100 e. The maximum absolute atomic E-state index is 3.82. The molecule has 0 fully saturated rings. The maximum Gasteiger partial charge on any atom is -0.0138 e. The molecule has 0 amide bonds. The van der Waals surface area contributed by atoms with E-state index in [1.54, 1.807) is 0 Å². The molecule has 0 aromatic carbocycles. The van der Waals surface area contributed by atoms with Crippen LogP contribution in [-0.4, -0.2) is 0 Å². The van der Waals surface area contributed by atoms with Crippen molar-refractivity contribution in [3.8, 4) is 0 Å². The van der Waals surface area contributed by atoms with Crippen LogP contribution in [0, 0.1) is 0 Å². The van der Waals surface area contributed by atoms with Crippen molar-refractivity contribution in [1.82, 2.24) is 0 Å². The summed E-state index contributed by atoms with van der Waals surface area (Å²) in [6.07, 6.45) is 13.7. The zero-order valence-electron chi connectivity index (χ0n) is 14.1. The van der Waals surface area contributed by atoms with Gasteiger partial charge in [-0.15, -0.1) is 6.58 Å². The van der Waals surface area contributed by atoms with Gasteiger partial charge in [-0.1, -0.05) is 65.8 Å². The second-order valence-electron chi connectivity index (χ2n) is 5.33. The Hall–Kier alpha value is -1.56. The van der Waals surface area contributed by atoms with Crippen LogP contribution in [0.25, 0.3) is 0 Å². The molecule has 0 aromatic heterocycles. The molecule has 0 spiro atoms. The molecule has 0 unspecified atom stereocenters. The molecule has 0 aliphatic heterocycles. The lowest BCUT2D eigenvalue weighted by molar-refractivity contribution is 0.983. The highest BCUT2D eigenvalue weighted by atomic mass is 13.9. The van der Waals surface area contributed by atoms with Crippen LogP contribution in [0.3, 0.4) is 0 Å². The molecule has 0 aliphatic rings. The average Bonchev–Trinajstić information content (AvgIpc) is 2.34. The van der Waals surface area contributed by atoms with Crippen molar-refractivity contribution in [3.05, 3.63) is 72.4 Å². The highest BCUT2D eigenvalue weighted by Crippen LogP contribution is 2.02. The highest BCUT2D eigenvalue weighted by molar-refractivity contribution is 5.14. The fourth-order valence-corrected chi connectivity index (χ4v) is 1.18. The Morgan fingerprint density at radius 1 is 0.850 bits per heavy atom. The van der Waals surface area contributed by atoms with Gasteiger partial charge in [-0.3, -0.25) is 0 Å². The molecule has 0 atom stereocenters. The normalized spacial score (nSPS) is 11.3. The molecular weight excluding hydrogens is 240 g/mol. The van der Waals surface area contributed by atoms with E-state index in [2.05, 4.69) is 58.7 Å². The van der Waals surface area contributed by atoms with Crippen LogP contribution in [0.5, 0.6) is 0 Å². The number of hydrogen-bond donors (Lipinski definition) is 0. The van der Waals surface area contributed by atoms with Crippen LogP contribution in [0.2, 0.25) is 0 Å². The third-order valence-corrected chi connectivity index (χ3v) is 2.48. The van der Waals surface area contributed by atoms with E-state index in [0.29, 0.717) is 0 Å². The quantitative estimate of drug-likeness (QED) is 0.347. The summed E-state index contributed by atoms with van der Waals surface area (Å²) in [5.41, 5.74) is 4.87. The zero-order valence-corrected chi connectivity index (χ0v) is 14.1. The summed E-state index contributed by atoms with van der Waals surface area (Å²) < 4.78 is 0. The Morgan fingerprint density at radius 3 is 1.75 bits per heavy atom. The first kappa shape index (κ1) is 20.8. The summed E-state index contributed by atoms with van der Waals surface area (Å²) in [5.74, 6) is 0. The van der Waals surface area contributed by atoms with Crippen LogP contribution in [-0.2, 0) is 0 Å². The second kappa shape index (κ2) is 13.9. The van der Waals surface area contributed by atoms with E-state index < -0.39 is 0 Å². The van der Waals surface area contributed by atoms with Crippen molar-refractivity contribution in [2.75, 3.05) is 0 Å². The molecule has 0 heterocycles. The zero-order chi connectivity index (χ0) is 16.0. The van der Waals surface area contributed by atoms with Crippen molar-refractivity contribution in [1.29, 1.82) is 0 Å². The van der Waals surface area contributed by atoms with Crippen LogP contribution in [0.15, 0.2) is 72.4 Å². The van der Waals surface area contributed by atoms with Crippen LogP contribution in [0.4, 0.5) is 0 Å². The van der Waals surface area contributed by atoms with Gasteiger partial charge in [0, 0.05) is 0 Å². The Morgan fingerprint density at radius 2 is 1.35 bits per heavy atom. The minimum absolute atomic E-state index is 1.04.